The summed E-state index contributed by atoms with van der Waals surface area (Å²) < 4.78 is 5.23. The van der Waals surface area contributed by atoms with Crippen LogP contribution >= 0.6 is 27.5 Å². The molecule has 0 aliphatic carbocycles. The third-order valence-corrected chi connectivity index (χ3v) is 3.20. The summed E-state index contributed by atoms with van der Waals surface area (Å²) in [6.07, 6.45) is 1.36. The zero-order chi connectivity index (χ0) is 14.0. The van der Waals surface area contributed by atoms with Crippen LogP contribution in [0.15, 0.2) is 39.6 Å². The molecule has 8 heteroatoms. The summed E-state index contributed by atoms with van der Waals surface area (Å²) in [7, 11) is 0. The molecule has 1 heterocycles. The zero-order valence-corrected chi connectivity index (χ0v) is 11.6. The molecule has 6 nitrogen and oxygen atoms in total. The third-order valence-electron chi connectivity index (χ3n) is 2.27. The molecule has 0 spiro atoms. The molecule has 0 aliphatic heterocycles. The first kappa shape index (κ1) is 13.6. The van der Waals surface area contributed by atoms with Gasteiger partial charge in [0.1, 0.15) is 0 Å². The normalized spacial score (nSPS) is 10.2. The Morgan fingerprint density at radius 3 is 2.68 bits per heavy atom. The molecular formula is C11H6BrClN2O4. The summed E-state index contributed by atoms with van der Waals surface area (Å²) in [5.41, 5.74) is 0.437. The number of amides is 1. The molecule has 0 saturated heterocycles. The molecule has 98 valence electrons. The van der Waals surface area contributed by atoms with Crippen molar-refractivity contribution >= 4 is 44.8 Å². The van der Waals surface area contributed by atoms with Crippen molar-refractivity contribution in [2.45, 2.75) is 0 Å². The predicted octanol–water partition coefficient (Wildman–Crippen LogP) is 3.86. The molecule has 2 aromatic rings. The second-order valence-electron chi connectivity index (χ2n) is 3.48. The number of nitrogens with zero attached hydrogens (tertiary/aromatic N) is 1. The molecular weight excluding hydrogens is 339 g/mol. The lowest BCUT2D eigenvalue weighted by atomic mass is 10.2. The highest BCUT2D eigenvalue weighted by atomic mass is 79.9. The van der Waals surface area contributed by atoms with Crippen molar-refractivity contribution < 1.29 is 14.1 Å². The molecule has 19 heavy (non-hydrogen) atoms. The third kappa shape index (κ3) is 2.94. The van der Waals surface area contributed by atoms with Gasteiger partial charge in [0.25, 0.3) is 11.6 Å². The summed E-state index contributed by atoms with van der Waals surface area (Å²) in [4.78, 5) is 21.9. The number of nitro groups is 1. The minimum absolute atomic E-state index is 0.0853. The zero-order valence-electron chi connectivity index (χ0n) is 9.22. The van der Waals surface area contributed by atoms with Crippen LogP contribution in [0.2, 0.25) is 5.02 Å². The van der Waals surface area contributed by atoms with Crippen LogP contribution in [0.4, 0.5) is 11.4 Å². The second kappa shape index (κ2) is 5.41. The van der Waals surface area contributed by atoms with Gasteiger partial charge in [0.15, 0.2) is 4.67 Å². The molecule has 0 aliphatic rings. The minimum atomic E-state index is -0.565. The van der Waals surface area contributed by atoms with Crippen LogP contribution in [0, 0.1) is 10.1 Å². The maximum Gasteiger partial charge on any atom is 0.271 e. The topological polar surface area (TPSA) is 85.4 Å². The Morgan fingerprint density at radius 2 is 2.16 bits per heavy atom. The quantitative estimate of drug-likeness (QED) is 0.676. The molecule has 2 rings (SSSR count). The standard InChI is InChI=1S/C11H6BrClN2O4/c12-10-7(3-4-19-10)11(16)14-9-2-1-6(15(17)18)5-8(9)13/h1-5H,(H,14,16). The van der Waals surface area contributed by atoms with E-state index in [2.05, 4.69) is 21.2 Å². The van der Waals surface area contributed by atoms with E-state index in [-0.39, 0.29) is 16.4 Å². The molecule has 0 fully saturated rings. The Balaban J connectivity index is 2.23. The lowest BCUT2D eigenvalue weighted by Gasteiger charge is -2.05. The van der Waals surface area contributed by atoms with E-state index in [1.807, 2.05) is 0 Å². The Hall–Kier alpha value is -1.86. The van der Waals surface area contributed by atoms with Gasteiger partial charge in [0.05, 0.1) is 27.5 Å². The van der Waals surface area contributed by atoms with Gasteiger partial charge in [-0.1, -0.05) is 11.6 Å². The van der Waals surface area contributed by atoms with E-state index in [1.54, 1.807) is 0 Å². The van der Waals surface area contributed by atoms with E-state index in [4.69, 9.17) is 16.0 Å². The maximum absolute atomic E-state index is 11.9. The SMILES string of the molecule is O=C(Nc1ccc([N+](=O)[O-])cc1Cl)c1ccoc1Br. The summed E-state index contributed by atoms with van der Waals surface area (Å²) >= 11 is 8.94. The number of halogens is 2. The molecule has 0 bridgehead atoms. The van der Waals surface area contributed by atoms with E-state index in [1.165, 1.54) is 30.5 Å². The Bertz CT molecular complexity index is 656. The number of nitro benzene ring substituents is 1. The number of carbonyl (C=O) groups excluding carboxylic acids is 1. The van der Waals surface area contributed by atoms with Crippen LogP contribution < -0.4 is 5.32 Å². The fourth-order valence-corrected chi connectivity index (χ4v) is 2.01. The van der Waals surface area contributed by atoms with Gasteiger partial charge in [-0.2, -0.15) is 0 Å². The number of benzene rings is 1. The van der Waals surface area contributed by atoms with Crippen LogP contribution in [0.5, 0.6) is 0 Å². The molecule has 1 aromatic carbocycles. The molecule has 1 aromatic heterocycles. The highest BCUT2D eigenvalue weighted by Crippen LogP contribution is 2.27. The lowest BCUT2D eigenvalue weighted by molar-refractivity contribution is -0.384. The molecule has 0 atom stereocenters. The fourth-order valence-electron chi connectivity index (χ4n) is 1.36. The summed E-state index contributed by atoms with van der Waals surface area (Å²) in [6.45, 7) is 0. The number of hydrogen-bond donors (Lipinski definition) is 1. The van der Waals surface area contributed by atoms with Crippen LogP contribution in [-0.2, 0) is 0 Å². The largest absolute Gasteiger partial charge is 0.457 e. The summed E-state index contributed by atoms with van der Waals surface area (Å²) in [5, 5.41) is 13.2. The highest BCUT2D eigenvalue weighted by Gasteiger charge is 2.15. The fraction of sp³-hybridized carbons (Fsp3) is 0. The second-order valence-corrected chi connectivity index (χ2v) is 4.61. The van der Waals surface area contributed by atoms with Crippen molar-refractivity contribution in [1.82, 2.24) is 0 Å². The Kier molecular flexibility index (Phi) is 3.87. The number of non-ortho nitro benzene ring substituents is 1. The maximum atomic E-state index is 11.9. The van der Waals surface area contributed by atoms with E-state index >= 15 is 0 Å². The van der Waals surface area contributed by atoms with Crippen molar-refractivity contribution in [3.05, 3.63) is 55.9 Å². The van der Waals surface area contributed by atoms with Crippen LogP contribution in [0.1, 0.15) is 10.4 Å². The monoisotopic (exact) mass is 344 g/mol. The van der Waals surface area contributed by atoms with E-state index < -0.39 is 10.8 Å². The molecule has 1 amide bonds. The van der Waals surface area contributed by atoms with E-state index in [9.17, 15) is 14.9 Å². The number of hydrogen-bond acceptors (Lipinski definition) is 4. The van der Waals surface area contributed by atoms with Crippen LogP contribution in [-0.4, -0.2) is 10.8 Å². The van der Waals surface area contributed by atoms with Gasteiger partial charge in [-0.05, 0) is 28.1 Å². The van der Waals surface area contributed by atoms with Crippen molar-refractivity contribution in [2.24, 2.45) is 0 Å². The van der Waals surface area contributed by atoms with Gasteiger partial charge in [-0.15, -0.1) is 0 Å². The molecule has 1 N–H and O–H groups in total. The van der Waals surface area contributed by atoms with Gasteiger partial charge in [-0.25, -0.2) is 0 Å². The average Bonchev–Trinajstić information content (AvgIpc) is 2.77. The van der Waals surface area contributed by atoms with Gasteiger partial charge in [-0.3, -0.25) is 14.9 Å². The van der Waals surface area contributed by atoms with Crippen molar-refractivity contribution in [3.8, 4) is 0 Å². The first-order chi connectivity index (χ1) is 8.99. The minimum Gasteiger partial charge on any atom is -0.457 e. The molecule has 0 saturated carbocycles. The highest BCUT2D eigenvalue weighted by molar-refractivity contribution is 9.10. The van der Waals surface area contributed by atoms with Gasteiger partial charge in [0.2, 0.25) is 0 Å². The number of nitrogens with one attached hydrogen (secondary N) is 1. The van der Waals surface area contributed by atoms with Crippen molar-refractivity contribution in [3.63, 3.8) is 0 Å². The van der Waals surface area contributed by atoms with Crippen LogP contribution in [0.25, 0.3) is 0 Å². The first-order valence-corrected chi connectivity index (χ1v) is 6.14. The van der Waals surface area contributed by atoms with Crippen molar-refractivity contribution in [1.29, 1.82) is 0 Å². The summed E-state index contributed by atoms with van der Waals surface area (Å²) in [5.74, 6) is -0.434. The number of anilines is 1. The number of rotatable bonds is 3. The number of carbonyl (C=O) groups is 1. The van der Waals surface area contributed by atoms with E-state index in [0.29, 0.717) is 10.2 Å². The van der Waals surface area contributed by atoms with Gasteiger partial charge >= 0.3 is 0 Å². The van der Waals surface area contributed by atoms with Crippen LogP contribution in [0.3, 0.4) is 0 Å². The van der Waals surface area contributed by atoms with E-state index in [0.717, 1.165) is 0 Å². The predicted molar refractivity (Wildman–Crippen MR) is 72.5 cm³/mol. The lowest BCUT2D eigenvalue weighted by Crippen LogP contribution is -2.11. The molecule has 0 radical (unpaired) electrons. The number of furan rings is 1. The molecule has 0 unspecified atom stereocenters. The van der Waals surface area contributed by atoms with Gasteiger partial charge in [0, 0.05) is 12.1 Å². The Morgan fingerprint density at radius 1 is 1.42 bits per heavy atom. The average molecular weight is 346 g/mol. The summed E-state index contributed by atoms with van der Waals surface area (Å²) in [6, 6.07) is 5.28. The smallest absolute Gasteiger partial charge is 0.271 e. The van der Waals surface area contributed by atoms with Crippen molar-refractivity contribution in [2.75, 3.05) is 5.32 Å². The van der Waals surface area contributed by atoms with Gasteiger partial charge < -0.3 is 9.73 Å². The Labute approximate surface area is 120 Å². The first-order valence-electron chi connectivity index (χ1n) is 4.97.